The van der Waals surface area contributed by atoms with E-state index in [4.69, 9.17) is 0 Å². The molecule has 1 aliphatic rings. The Morgan fingerprint density at radius 3 is 2.82 bits per heavy atom. The predicted molar refractivity (Wildman–Crippen MR) is 69.9 cm³/mol. The van der Waals surface area contributed by atoms with Gasteiger partial charge in [-0.25, -0.2) is 0 Å². The van der Waals surface area contributed by atoms with Gasteiger partial charge in [0.15, 0.2) is 0 Å². The molecule has 1 aromatic carbocycles. The summed E-state index contributed by atoms with van der Waals surface area (Å²) < 4.78 is 0.884. The van der Waals surface area contributed by atoms with Crippen LogP contribution in [0.1, 0.15) is 36.0 Å². The van der Waals surface area contributed by atoms with Crippen LogP contribution in [0.15, 0.2) is 28.7 Å². The zero-order valence-corrected chi connectivity index (χ0v) is 11.1. The Hall–Kier alpha value is -0.870. The van der Waals surface area contributed by atoms with E-state index in [2.05, 4.69) is 21.2 Å². The molecule has 2 rings (SSSR count). The third-order valence-electron chi connectivity index (χ3n) is 3.13. The number of hydrogen-bond donors (Lipinski definition) is 2. The van der Waals surface area contributed by atoms with Gasteiger partial charge in [0.2, 0.25) is 0 Å². The number of benzene rings is 1. The molecule has 1 fully saturated rings. The fourth-order valence-electron chi connectivity index (χ4n) is 2.16. The Labute approximate surface area is 109 Å². The molecule has 2 unspecified atom stereocenters. The summed E-state index contributed by atoms with van der Waals surface area (Å²) in [7, 11) is 0. The van der Waals surface area contributed by atoms with Crippen LogP contribution >= 0.6 is 15.9 Å². The first-order valence-electron chi connectivity index (χ1n) is 5.91. The van der Waals surface area contributed by atoms with Crippen molar-refractivity contribution >= 4 is 21.8 Å². The average Bonchev–Trinajstić information content (AvgIpc) is 2.32. The van der Waals surface area contributed by atoms with Gasteiger partial charge in [-0.1, -0.05) is 34.8 Å². The molecule has 17 heavy (non-hydrogen) atoms. The average molecular weight is 298 g/mol. The fourth-order valence-corrected chi connectivity index (χ4v) is 2.56. The van der Waals surface area contributed by atoms with Crippen molar-refractivity contribution in [1.82, 2.24) is 5.32 Å². The van der Waals surface area contributed by atoms with Gasteiger partial charge >= 0.3 is 0 Å². The second-order valence-corrected chi connectivity index (χ2v) is 5.36. The molecular formula is C13H16BrNO2. The molecule has 0 saturated heterocycles. The summed E-state index contributed by atoms with van der Waals surface area (Å²) in [4.78, 5) is 12.0. The van der Waals surface area contributed by atoms with E-state index in [1.54, 1.807) is 12.1 Å². The molecule has 2 atom stereocenters. The van der Waals surface area contributed by atoms with Gasteiger partial charge in [-0.3, -0.25) is 4.79 Å². The molecule has 0 bridgehead atoms. The monoisotopic (exact) mass is 297 g/mol. The topological polar surface area (TPSA) is 49.3 Å². The number of amides is 1. The van der Waals surface area contributed by atoms with Gasteiger partial charge in [-0.2, -0.15) is 0 Å². The van der Waals surface area contributed by atoms with Crippen molar-refractivity contribution in [1.29, 1.82) is 0 Å². The SMILES string of the molecule is O=C(NC1CCCCC1O)c1cccc(Br)c1. The van der Waals surface area contributed by atoms with Gasteiger partial charge in [0.25, 0.3) is 5.91 Å². The minimum atomic E-state index is -0.403. The molecule has 92 valence electrons. The predicted octanol–water partition coefficient (Wildman–Crippen LogP) is 2.48. The summed E-state index contributed by atoms with van der Waals surface area (Å²) in [6, 6.07) is 7.16. The maximum absolute atomic E-state index is 12.0. The van der Waals surface area contributed by atoms with Crippen molar-refractivity contribution in [2.24, 2.45) is 0 Å². The van der Waals surface area contributed by atoms with Crippen molar-refractivity contribution < 1.29 is 9.90 Å². The zero-order chi connectivity index (χ0) is 12.3. The molecule has 1 aliphatic carbocycles. The van der Waals surface area contributed by atoms with Gasteiger partial charge < -0.3 is 10.4 Å². The number of aliphatic hydroxyl groups is 1. The number of rotatable bonds is 2. The molecule has 0 spiro atoms. The Balaban J connectivity index is 2.01. The highest BCUT2D eigenvalue weighted by Gasteiger charge is 2.24. The van der Waals surface area contributed by atoms with E-state index in [0.717, 1.165) is 30.2 Å². The molecule has 1 aromatic rings. The molecule has 0 heterocycles. The number of hydrogen-bond acceptors (Lipinski definition) is 2. The highest BCUT2D eigenvalue weighted by atomic mass is 79.9. The first-order valence-corrected chi connectivity index (χ1v) is 6.70. The maximum Gasteiger partial charge on any atom is 0.251 e. The number of aliphatic hydroxyl groups excluding tert-OH is 1. The molecule has 2 N–H and O–H groups in total. The summed E-state index contributed by atoms with van der Waals surface area (Å²) in [6.07, 6.45) is 3.36. The molecule has 1 saturated carbocycles. The number of nitrogens with one attached hydrogen (secondary N) is 1. The smallest absolute Gasteiger partial charge is 0.251 e. The largest absolute Gasteiger partial charge is 0.391 e. The lowest BCUT2D eigenvalue weighted by molar-refractivity contribution is 0.0717. The van der Waals surface area contributed by atoms with Crippen LogP contribution in [0.4, 0.5) is 0 Å². The van der Waals surface area contributed by atoms with E-state index in [1.165, 1.54) is 0 Å². The van der Waals surface area contributed by atoms with E-state index in [-0.39, 0.29) is 11.9 Å². The Morgan fingerprint density at radius 1 is 1.35 bits per heavy atom. The fraction of sp³-hybridized carbons (Fsp3) is 0.462. The number of carbonyl (C=O) groups is 1. The van der Waals surface area contributed by atoms with E-state index >= 15 is 0 Å². The van der Waals surface area contributed by atoms with Crippen LogP contribution in [0.2, 0.25) is 0 Å². The van der Waals surface area contributed by atoms with Crippen molar-refractivity contribution in [2.75, 3.05) is 0 Å². The van der Waals surface area contributed by atoms with Crippen LogP contribution < -0.4 is 5.32 Å². The minimum absolute atomic E-state index is 0.102. The second kappa shape index (κ2) is 5.65. The zero-order valence-electron chi connectivity index (χ0n) is 9.53. The molecular weight excluding hydrogens is 282 g/mol. The molecule has 0 aliphatic heterocycles. The Bertz CT molecular complexity index is 408. The molecule has 3 nitrogen and oxygen atoms in total. The van der Waals surface area contributed by atoms with Crippen LogP contribution in [-0.2, 0) is 0 Å². The van der Waals surface area contributed by atoms with Crippen molar-refractivity contribution in [3.8, 4) is 0 Å². The molecule has 0 aromatic heterocycles. The van der Waals surface area contributed by atoms with Gasteiger partial charge in [0.05, 0.1) is 12.1 Å². The minimum Gasteiger partial charge on any atom is -0.391 e. The third kappa shape index (κ3) is 3.30. The summed E-state index contributed by atoms with van der Waals surface area (Å²) >= 11 is 3.34. The number of carbonyl (C=O) groups excluding carboxylic acids is 1. The van der Waals surface area contributed by atoms with Crippen LogP contribution in [-0.4, -0.2) is 23.2 Å². The first kappa shape index (κ1) is 12.6. The van der Waals surface area contributed by atoms with Crippen molar-refractivity contribution in [3.05, 3.63) is 34.3 Å². The summed E-state index contributed by atoms with van der Waals surface area (Å²) in [5, 5.41) is 12.7. The van der Waals surface area contributed by atoms with Gasteiger partial charge in [0, 0.05) is 10.0 Å². The first-order chi connectivity index (χ1) is 8.16. The Kier molecular flexibility index (Phi) is 4.18. The van der Waals surface area contributed by atoms with Gasteiger partial charge in [-0.15, -0.1) is 0 Å². The lowest BCUT2D eigenvalue weighted by Crippen LogP contribution is -2.45. The van der Waals surface area contributed by atoms with Crippen molar-refractivity contribution in [2.45, 2.75) is 37.8 Å². The lowest BCUT2D eigenvalue weighted by Gasteiger charge is -2.28. The van der Waals surface area contributed by atoms with Gasteiger partial charge in [0.1, 0.15) is 0 Å². The van der Waals surface area contributed by atoms with Crippen LogP contribution in [0, 0.1) is 0 Å². The summed E-state index contributed by atoms with van der Waals surface area (Å²) in [6.45, 7) is 0. The highest BCUT2D eigenvalue weighted by molar-refractivity contribution is 9.10. The van der Waals surface area contributed by atoms with E-state index in [0.29, 0.717) is 5.56 Å². The van der Waals surface area contributed by atoms with Crippen LogP contribution in [0.3, 0.4) is 0 Å². The maximum atomic E-state index is 12.0. The van der Waals surface area contributed by atoms with E-state index in [9.17, 15) is 9.90 Å². The summed E-state index contributed by atoms with van der Waals surface area (Å²) in [5.74, 6) is -0.114. The van der Waals surface area contributed by atoms with E-state index in [1.807, 2.05) is 12.1 Å². The quantitative estimate of drug-likeness (QED) is 0.881. The number of halogens is 1. The standard InChI is InChI=1S/C13H16BrNO2/c14-10-5-3-4-9(8-10)13(17)15-11-6-1-2-7-12(11)16/h3-5,8,11-12,16H,1-2,6-7H2,(H,15,17). The van der Waals surface area contributed by atoms with E-state index < -0.39 is 6.10 Å². The molecule has 1 amide bonds. The van der Waals surface area contributed by atoms with Crippen LogP contribution in [0.25, 0.3) is 0 Å². The normalized spacial score (nSPS) is 24.4. The molecule has 0 radical (unpaired) electrons. The Morgan fingerprint density at radius 2 is 2.12 bits per heavy atom. The highest BCUT2D eigenvalue weighted by Crippen LogP contribution is 2.19. The summed E-state index contributed by atoms with van der Waals surface area (Å²) in [5.41, 5.74) is 0.622. The van der Waals surface area contributed by atoms with Crippen molar-refractivity contribution in [3.63, 3.8) is 0 Å². The molecule has 4 heteroatoms. The van der Waals surface area contributed by atoms with Gasteiger partial charge in [-0.05, 0) is 31.0 Å². The second-order valence-electron chi connectivity index (χ2n) is 4.44. The van der Waals surface area contributed by atoms with Crippen LogP contribution in [0.5, 0.6) is 0 Å². The lowest BCUT2D eigenvalue weighted by atomic mass is 9.92. The third-order valence-corrected chi connectivity index (χ3v) is 3.63.